The van der Waals surface area contributed by atoms with Gasteiger partial charge in [-0.05, 0) is 36.8 Å². The lowest BCUT2D eigenvalue weighted by atomic mass is 10.1. The van der Waals surface area contributed by atoms with Crippen molar-refractivity contribution in [3.05, 3.63) is 62.1 Å². The molecule has 3 N–H and O–H groups in total. The predicted molar refractivity (Wildman–Crippen MR) is 107 cm³/mol. The second-order valence-corrected chi connectivity index (χ2v) is 7.84. The van der Waals surface area contributed by atoms with Gasteiger partial charge in [-0.3, -0.25) is 4.79 Å². The number of carbonyl (C=O) groups is 2. The van der Waals surface area contributed by atoms with E-state index in [4.69, 9.17) is 16.7 Å². The summed E-state index contributed by atoms with van der Waals surface area (Å²) in [5.74, 6) is -1.53. The van der Waals surface area contributed by atoms with Crippen LogP contribution in [0, 0.1) is 0 Å². The maximum absolute atomic E-state index is 12.1. The Kier molecular flexibility index (Phi) is 5.59. The summed E-state index contributed by atoms with van der Waals surface area (Å²) in [5.41, 5.74) is 4.13. The topological polar surface area (TPSA) is 99.0 Å². The van der Waals surface area contributed by atoms with Gasteiger partial charge in [0.05, 0.1) is 21.0 Å². The van der Waals surface area contributed by atoms with Crippen molar-refractivity contribution in [2.45, 2.75) is 6.92 Å². The number of aromatic carboxylic acids is 1. The summed E-state index contributed by atoms with van der Waals surface area (Å²) in [6.07, 6.45) is 0. The number of nitrogens with zero attached hydrogens (tertiary/aromatic N) is 1. The molecule has 0 spiro atoms. The molecule has 9 heteroatoms. The Morgan fingerprint density at radius 3 is 2.41 bits per heavy atom. The molecule has 0 fully saturated rings. The van der Waals surface area contributed by atoms with E-state index in [1.165, 1.54) is 23.5 Å². The maximum atomic E-state index is 12.1. The van der Waals surface area contributed by atoms with Crippen LogP contribution in [0.4, 0.5) is 0 Å². The fourth-order valence-corrected chi connectivity index (χ4v) is 4.11. The fourth-order valence-electron chi connectivity index (χ4n) is 2.24. The van der Waals surface area contributed by atoms with Crippen molar-refractivity contribution in [1.82, 2.24) is 5.43 Å². The lowest BCUT2D eigenvalue weighted by Crippen LogP contribution is -2.18. The Morgan fingerprint density at radius 2 is 1.78 bits per heavy atom. The number of carboxylic acids is 1. The number of hydrogen-bond donors (Lipinski definition) is 3. The molecule has 27 heavy (non-hydrogen) atoms. The second kappa shape index (κ2) is 7.91. The molecule has 3 aromatic rings. The van der Waals surface area contributed by atoms with Crippen LogP contribution in [0.2, 0.25) is 5.02 Å². The smallest absolute Gasteiger partial charge is 0.345 e. The number of carbonyl (C=O) groups excluding carboxylic acids is 1. The molecule has 0 saturated heterocycles. The molecule has 0 atom stereocenters. The monoisotopic (exact) mass is 420 g/mol. The first-order chi connectivity index (χ1) is 12.9. The number of rotatable bonds is 5. The Labute approximate surface area is 167 Å². The zero-order valence-electron chi connectivity index (χ0n) is 13.9. The fraction of sp³-hybridized carbons (Fsp3) is 0.0556. The average molecular weight is 421 g/mol. The predicted octanol–water partition coefficient (Wildman–Crippen LogP) is 4.69. The van der Waals surface area contributed by atoms with E-state index in [1.54, 1.807) is 24.4 Å². The van der Waals surface area contributed by atoms with Gasteiger partial charge in [0.25, 0.3) is 5.91 Å². The number of nitrogens with one attached hydrogen (secondary N) is 1. The van der Waals surface area contributed by atoms with Gasteiger partial charge in [0.15, 0.2) is 0 Å². The number of amides is 1. The van der Waals surface area contributed by atoms with E-state index in [2.05, 4.69) is 10.5 Å². The summed E-state index contributed by atoms with van der Waals surface area (Å²) >= 11 is 8.10. The molecule has 0 aliphatic carbocycles. The maximum Gasteiger partial charge on any atom is 0.345 e. The second-order valence-electron chi connectivity index (χ2n) is 5.44. The molecule has 0 radical (unpaired) electrons. The number of hydrogen-bond acceptors (Lipinski definition) is 6. The average Bonchev–Trinajstić information content (AvgIpc) is 3.27. The summed E-state index contributed by atoms with van der Waals surface area (Å²) in [4.78, 5) is 23.9. The number of halogens is 1. The van der Waals surface area contributed by atoms with E-state index in [-0.39, 0.29) is 15.5 Å². The normalized spacial score (nSPS) is 11.4. The van der Waals surface area contributed by atoms with E-state index >= 15 is 0 Å². The van der Waals surface area contributed by atoms with Crippen LogP contribution in [0.15, 0.2) is 46.9 Å². The molecule has 0 unspecified atom stereocenters. The van der Waals surface area contributed by atoms with Gasteiger partial charge in [0.2, 0.25) is 0 Å². The lowest BCUT2D eigenvalue weighted by Gasteiger charge is -2.03. The van der Waals surface area contributed by atoms with Crippen LogP contribution in [0.3, 0.4) is 0 Å². The molecule has 2 aromatic heterocycles. The molecule has 0 saturated carbocycles. The molecule has 0 bridgehead atoms. The Bertz CT molecular complexity index is 1040. The Hall–Kier alpha value is -2.68. The Morgan fingerprint density at radius 1 is 1.11 bits per heavy atom. The summed E-state index contributed by atoms with van der Waals surface area (Å²) in [5, 5.41) is 25.8. The summed E-state index contributed by atoms with van der Waals surface area (Å²) in [7, 11) is 0. The number of carboxylic acid groups (broad SMARTS) is 1. The van der Waals surface area contributed by atoms with Crippen LogP contribution in [0.25, 0.3) is 10.4 Å². The highest BCUT2D eigenvalue weighted by atomic mass is 35.5. The first-order valence-electron chi connectivity index (χ1n) is 7.61. The molecule has 6 nitrogen and oxygen atoms in total. The Balaban J connectivity index is 1.77. The SMILES string of the molecule is CC(=NNC(=O)c1ccc(C(=O)O)s1)c1csc(-c2ccc(Cl)cc2)c1O. The van der Waals surface area contributed by atoms with Crippen LogP contribution in [0.1, 0.15) is 31.8 Å². The summed E-state index contributed by atoms with van der Waals surface area (Å²) in [6, 6.07) is 9.88. The number of thiophene rings is 2. The molecule has 2 heterocycles. The lowest BCUT2D eigenvalue weighted by molar-refractivity contribution is 0.0702. The van der Waals surface area contributed by atoms with E-state index in [9.17, 15) is 14.7 Å². The summed E-state index contributed by atoms with van der Waals surface area (Å²) in [6.45, 7) is 1.66. The highest BCUT2D eigenvalue weighted by Crippen LogP contribution is 2.39. The van der Waals surface area contributed by atoms with Crippen LogP contribution in [-0.4, -0.2) is 27.8 Å². The first-order valence-corrected chi connectivity index (χ1v) is 9.68. The third-order valence-electron chi connectivity index (χ3n) is 3.63. The number of hydrazone groups is 1. The molecule has 1 amide bonds. The van der Waals surface area contributed by atoms with Gasteiger partial charge in [-0.15, -0.1) is 22.7 Å². The molecular weight excluding hydrogens is 408 g/mol. The van der Waals surface area contributed by atoms with Crippen molar-refractivity contribution in [1.29, 1.82) is 0 Å². The van der Waals surface area contributed by atoms with E-state index < -0.39 is 11.9 Å². The molecule has 0 aliphatic heterocycles. The van der Waals surface area contributed by atoms with Crippen molar-refractivity contribution < 1.29 is 19.8 Å². The third-order valence-corrected chi connectivity index (χ3v) is 5.97. The van der Waals surface area contributed by atoms with Crippen molar-refractivity contribution >= 4 is 51.9 Å². The van der Waals surface area contributed by atoms with Crippen LogP contribution < -0.4 is 5.43 Å². The van der Waals surface area contributed by atoms with Gasteiger partial charge in [0, 0.05) is 10.4 Å². The van der Waals surface area contributed by atoms with Crippen LogP contribution in [0.5, 0.6) is 5.75 Å². The van der Waals surface area contributed by atoms with Gasteiger partial charge in [-0.1, -0.05) is 23.7 Å². The van der Waals surface area contributed by atoms with Gasteiger partial charge in [-0.25, -0.2) is 10.2 Å². The minimum atomic E-state index is -1.09. The zero-order valence-corrected chi connectivity index (χ0v) is 16.3. The standard InChI is InChI=1S/C18H13ClN2O4S2/c1-9(20-21-17(23)13-6-7-14(27-13)18(24)25)12-8-26-16(15(12)22)10-2-4-11(19)5-3-10/h2-8,22H,1H3,(H,21,23)(H,24,25). The molecule has 1 aromatic carbocycles. The van der Waals surface area contributed by atoms with E-state index in [0.29, 0.717) is 21.2 Å². The van der Waals surface area contributed by atoms with Gasteiger partial charge in [-0.2, -0.15) is 5.10 Å². The van der Waals surface area contributed by atoms with Crippen molar-refractivity contribution in [3.63, 3.8) is 0 Å². The van der Waals surface area contributed by atoms with Gasteiger partial charge in [0.1, 0.15) is 10.6 Å². The minimum absolute atomic E-state index is 0.0714. The largest absolute Gasteiger partial charge is 0.506 e. The molecule has 138 valence electrons. The quantitative estimate of drug-likeness (QED) is 0.412. The van der Waals surface area contributed by atoms with Gasteiger partial charge >= 0.3 is 5.97 Å². The zero-order chi connectivity index (χ0) is 19.6. The van der Waals surface area contributed by atoms with Crippen LogP contribution in [-0.2, 0) is 0 Å². The van der Waals surface area contributed by atoms with Crippen molar-refractivity contribution in [2.75, 3.05) is 0 Å². The first kappa shape index (κ1) is 19.1. The highest BCUT2D eigenvalue weighted by molar-refractivity contribution is 7.15. The van der Waals surface area contributed by atoms with E-state index in [0.717, 1.165) is 16.9 Å². The number of aromatic hydroxyl groups is 1. The van der Waals surface area contributed by atoms with E-state index in [1.807, 2.05) is 12.1 Å². The summed E-state index contributed by atoms with van der Waals surface area (Å²) < 4.78 is 0. The van der Waals surface area contributed by atoms with Crippen molar-refractivity contribution in [3.8, 4) is 16.2 Å². The van der Waals surface area contributed by atoms with Crippen LogP contribution >= 0.6 is 34.3 Å². The highest BCUT2D eigenvalue weighted by Gasteiger charge is 2.16. The van der Waals surface area contributed by atoms with Gasteiger partial charge < -0.3 is 10.2 Å². The number of benzene rings is 1. The molecular formula is C18H13ClN2O4S2. The third kappa shape index (κ3) is 4.19. The van der Waals surface area contributed by atoms with Crippen molar-refractivity contribution in [2.24, 2.45) is 5.10 Å². The molecule has 3 rings (SSSR count). The minimum Gasteiger partial charge on any atom is -0.506 e. The molecule has 0 aliphatic rings.